The summed E-state index contributed by atoms with van der Waals surface area (Å²) in [6.45, 7) is 6.37. The van der Waals surface area contributed by atoms with Crippen LogP contribution in [-0.4, -0.2) is 12.8 Å². The summed E-state index contributed by atoms with van der Waals surface area (Å²) in [6, 6.07) is 0. The quantitative estimate of drug-likeness (QED) is 0.338. The average Bonchev–Trinajstić information content (AvgIpc) is 1.98. The molecular formula is C8H14N2. The van der Waals surface area contributed by atoms with Gasteiger partial charge in [0.15, 0.2) is 0 Å². The van der Waals surface area contributed by atoms with Crippen LogP contribution in [0.3, 0.4) is 0 Å². The summed E-state index contributed by atoms with van der Waals surface area (Å²) >= 11 is 0. The van der Waals surface area contributed by atoms with Crippen LogP contribution in [0.2, 0.25) is 0 Å². The predicted octanol–water partition coefficient (Wildman–Crippen LogP) is 1.71. The van der Waals surface area contributed by atoms with Crippen molar-refractivity contribution in [3.8, 4) is 0 Å². The molecule has 0 atom stereocenters. The number of allylic oxidation sites excluding steroid dienone is 1. The molecule has 0 unspecified atom stereocenters. The summed E-state index contributed by atoms with van der Waals surface area (Å²) in [4.78, 5) is 0. The Balaban J connectivity index is 3.33. The van der Waals surface area contributed by atoms with Crippen molar-refractivity contribution in [1.29, 1.82) is 5.41 Å². The smallest absolute Gasteiger partial charge is 0.0221 e. The van der Waals surface area contributed by atoms with E-state index in [4.69, 9.17) is 5.41 Å². The Morgan fingerprint density at radius 3 is 2.90 bits per heavy atom. The van der Waals surface area contributed by atoms with Crippen molar-refractivity contribution >= 4 is 6.21 Å². The minimum atomic E-state index is 0.898. The Hall–Kier alpha value is -1.05. The standard InChI is InChI=1S/C8H14N2/c1-3-4-5-10-7-8(2)6-9/h3,6-7,9-10H,1,4-5H2,2H3/b8-7-,9-6?. The molecular weight excluding hydrogens is 124 g/mol. The highest BCUT2D eigenvalue weighted by molar-refractivity contribution is 5.74. The lowest BCUT2D eigenvalue weighted by Crippen LogP contribution is -2.06. The summed E-state index contributed by atoms with van der Waals surface area (Å²) in [7, 11) is 0. The van der Waals surface area contributed by atoms with Crippen molar-refractivity contribution in [2.75, 3.05) is 6.54 Å². The van der Waals surface area contributed by atoms with E-state index in [2.05, 4.69) is 11.9 Å². The molecule has 10 heavy (non-hydrogen) atoms. The van der Waals surface area contributed by atoms with Gasteiger partial charge >= 0.3 is 0 Å². The summed E-state index contributed by atoms with van der Waals surface area (Å²) in [5.41, 5.74) is 0.934. The van der Waals surface area contributed by atoms with Crippen molar-refractivity contribution in [3.63, 3.8) is 0 Å². The predicted molar refractivity (Wildman–Crippen MR) is 45.4 cm³/mol. The van der Waals surface area contributed by atoms with Crippen LogP contribution in [0.5, 0.6) is 0 Å². The fourth-order valence-electron chi connectivity index (χ4n) is 0.460. The van der Waals surface area contributed by atoms with E-state index in [9.17, 15) is 0 Å². The number of hydrogen-bond donors (Lipinski definition) is 2. The molecule has 0 heterocycles. The van der Waals surface area contributed by atoms with E-state index < -0.39 is 0 Å². The van der Waals surface area contributed by atoms with Gasteiger partial charge in [0, 0.05) is 19.0 Å². The fourth-order valence-corrected chi connectivity index (χ4v) is 0.460. The molecule has 2 nitrogen and oxygen atoms in total. The number of rotatable bonds is 5. The Morgan fingerprint density at radius 2 is 2.40 bits per heavy atom. The minimum absolute atomic E-state index is 0.898. The van der Waals surface area contributed by atoms with Gasteiger partial charge in [0.25, 0.3) is 0 Å². The molecule has 0 spiro atoms. The van der Waals surface area contributed by atoms with Gasteiger partial charge < -0.3 is 10.7 Å². The van der Waals surface area contributed by atoms with Crippen LogP contribution in [-0.2, 0) is 0 Å². The second kappa shape index (κ2) is 6.08. The van der Waals surface area contributed by atoms with Gasteiger partial charge in [-0.3, -0.25) is 0 Å². The van der Waals surface area contributed by atoms with Gasteiger partial charge in [0.05, 0.1) is 0 Å². The van der Waals surface area contributed by atoms with Gasteiger partial charge in [-0.2, -0.15) is 0 Å². The minimum Gasteiger partial charge on any atom is -0.390 e. The molecule has 0 aliphatic heterocycles. The van der Waals surface area contributed by atoms with Gasteiger partial charge in [0.1, 0.15) is 0 Å². The van der Waals surface area contributed by atoms with Crippen LogP contribution in [0, 0.1) is 5.41 Å². The van der Waals surface area contributed by atoms with Crippen LogP contribution in [0.25, 0.3) is 0 Å². The summed E-state index contributed by atoms with van der Waals surface area (Å²) in [5, 5.41) is 9.89. The van der Waals surface area contributed by atoms with Crippen molar-refractivity contribution in [2.24, 2.45) is 0 Å². The third-order valence-corrected chi connectivity index (χ3v) is 1.05. The maximum Gasteiger partial charge on any atom is 0.0221 e. The SMILES string of the molecule is C=CCCN/C=C(/C)C=N. The number of hydrogen-bond acceptors (Lipinski definition) is 2. The van der Waals surface area contributed by atoms with E-state index in [1.54, 1.807) is 0 Å². The molecule has 0 saturated heterocycles. The first-order valence-electron chi connectivity index (χ1n) is 3.32. The third-order valence-electron chi connectivity index (χ3n) is 1.05. The molecule has 0 aromatic heterocycles. The molecule has 0 fully saturated rings. The van der Waals surface area contributed by atoms with Crippen LogP contribution in [0.15, 0.2) is 24.4 Å². The van der Waals surface area contributed by atoms with Gasteiger partial charge in [-0.15, -0.1) is 6.58 Å². The average molecular weight is 138 g/mol. The zero-order chi connectivity index (χ0) is 7.82. The van der Waals surface area contributed by atoms with E-state index in [0.29, 0.717) is 0 Å². The lowest BCUT2D eigenvalue weighted by Gasteiger charge is -1.96. The monoisotopic (exact) mass is 138 g/mol. The second-order valence-electron chi connectivity index (χ2n) is 2.06. The van der Waals surface area contributed by atoms with Crippen molar-refractivity contribution < 1.29 is 0 Å². The number of nitrogens with one attached hydrogen (secondary N) is 2. The Labute approximate surface area is 62.1 Å². The Kier molecular flexibility index (Phi) is 5.44. The molecule has 56 valence electrons. The molecule has 2 N–H and O–H groups in total. The first kappa shape index (κ1) is 8.95. The zero-order valence-corrected chi connectivity index (χ0v) is 6.35. The van der Waals surface area contributed by atoms with Gasteiger partial charge in [-0.1, -0.05) is 6.08 Å². The molecule has 0 radical (unpaired) electrons. The maximum atomic E-state index is 6.84. The van der Waals surface area contributed by atoms with Gasteiger partial charge in [-0.05, 0) is 18.9 Å². The van der Waals surface area contributed by atoms with E-state index in [0.717, 1.165) is 18.5 Å². The second-order valence-corrected chi connectivity index (χ2v) is 2.06. The highest BCUT2D eigenvalue weighted by Crippen LogP contribution is 1.82. The van der Waals surface area contributed by atoms with E-state index in [-0.39, 0.29) is 0 Å². The molecule has 0 amide bonds. The van der Waals surface area contributed by atoms with Crippen LogP contribution in [0.4, 0.5) is 0 Å². The molecule has 0 aromatic rings. The topological polar surface area (TPSA) is 35.9 Å². The lowest BCUT2D eigenvalue weighted by molar-refractivity contribution is 0.849. The van der Waals surface area contributed by atoms with Crippen LogP contribution >= 0.6 is 0 Å². The van der Waals surface area contributed by atoms with E-state index in [1.807, 2.05) is 19.2 Å². The molecule has 0 saturated carbocycles. The largest absolute Gasteiger partial charge is 0.390 e. The van der Waals surface area contributed by atoms with Gasteiger partial charge in [0.2, 0.25) is 0 Å². The molecule has 0 rings (SSSR count). The molecule has 0 bridgehead atoms. The summed E-state index contributed by atoms with van der Waals surface area (Å²) in [6.07, 6.45) is 5.97. The highest BCUT2D eigenvalue weighted by Gasteiger charge is 1.79. The zero-order valence-electron chi connectivity index (χ0n) is 6.35. The lowest BCUT2D eigenvalue weighted by atomic mass is 10.3. The maximum absolute atomic E-state index is 6.84. The summed E-state index contributed by atoms with van der Waals surface area (Å²) < 4.78 is 0. The normalized spacial score (nSPS) is 10.7. The first-order valence-corrected chi connectivity index (χ1v) is 3.32. The fraction of sp³-hybridized carbons (Fsp3) is 0.375. The van der Waals surface area contributed by atoms with Gasteiger partial charge in [-0.25, -0.2) is 0 Å². The molecule has 2 heteroatoms. The highest BCUT2D eigenvalue weighted by atomic mass is 14.8. The van der Waals surface area contributed by atoms with Crippen molar-refractivity contribution in [3.05, 3.63) is 24.4 Å². The molecule has 0 aromatic carbocycles. The van der Waals surface area contributed by atoms with E-state index >= 15 is 0 Å². The summed E-state index contributed by atoms with van der Waals surface area (Å²) in [5.74, 6) is 0. The van der Waals surface area contributed by atoms with Crippen molar-refractivity contribution in [2.45, 2.75) is 13.3 Å². The van der Waals surface area contributed by atoms with Crippen LogP contribution < -0.4 is 5.32 Å². The molecule has 0 aliphatic rings. The Morgan fingerprint density at radius 1 is 1.70 bits per heavy atom. The van der Waals surface area contributed by atoms with Crippen molar-refractivity contribution in [1.82, 2.24) is 5.32 Å². The van der Waals surface area contributed by atoms with E-state index in [1.165, 1.54) is 6.21 Å². The Bertz CT molecular complexity index is 136. The third kappa shape index (κ3) is 5.09. The first-order chi connectivity index (χ1) is 4.81. The molecule has 0 aliphatic carbocycles. The van der Waals surface area contributed by atoms with Crippen LogP contribution in [0.1, 0.15) is 13.3 Å².